The van der Waals surface area contributed by atoms with Crippen molar-refractivity contribution in [3.05, 3.63) is 102 Å². The van der Waals surface area contributed by atoms with Gasteiger partial charge in [0, 0.05) is 12.3 Å². The van der Waals surface area contributed by atoms with Crippen molar-refractivity contribution in [3.8, 4) is 0 Å². The maximum atomic E-state index is 12.8. The van der Waals surface area contributed by atoms with Gasteiger partial charge in [-0.2, -0.15) is 0 Å². The fourth-order valence-corrected chi connectivity index (χ4v) is 3.21. The Kier molecular flexibility index (Phi) is 4.48. The van der Waals surface area contributed by atoms with E-state index in [0.717, 1.165) is 22.2 Å². The SMILES string of the molecule is O=C(CC(c1ccccc1)c1ccccc1)Nn1cnc2ccccc21. The van der Waals surface area contributed by atoms with Crippen molar-refractivity contribution in [2.45, 2.75) is 12.3 Å². The van der Waals surface area contributed by atoms with Gasteiger partial charge >= 0.3 is 0 Å². The largest absolute Gasteiger partial charge is 0.273 e. The van der Waals surface area contributed by atoms with Crippen LogP contribution in [0, 0.1) is 0 Å². The molecule has 1 amide bonds. The topological polar surface area (TPSA) is 46.9 Å². The predicted octanol–water partition coefficient (Wildman–Crippen LogP) is 4.33. The van der Waals surface area contributed by atoms with Crippen molar-refractivity contribution >= 4 is 16.9 Å². The molecule has 0 aliphatic rings. The van der Waals surface area contributed by atoms with Gasteiger partial charge in [0.1, 0.15) is 6.33 Å². The Morgan fingerprint density at radius 2 is 1.42 bits per heavy atom. The molecule has 0 bridgehead atoms. The lowest BCUT2D eigenvalue weighted by atomic mass is 9.88. The molecule has 3 aromatic carbocycles. The Balaban J connectivity index is 1.58. The molecule has 0 aliphatic carbocycles. The number of nitrogens with one attached hydrogen (secondary N) is 1. The summed E-state index contributed by atoms with van der Waals surface area (Å²) in [4.78, 5) is 17.1. The minimum Gasteiger partial charge on any atom is -0.273 e. The Labute approximate surface area is 152 Å². The fourth-order valence-electron chi connectivity index (χ4n) is 3.21. The van der Waals surface area contributed by atoms with Gasteiger partial charge in [-0.1, -0.05) is 72.8 Å². The van der Waals surface area contributed by atoms with Gasteiger partial charge in [-0.3, -0.25) is 10.2 Å². The van der Waals surface area contributed by atoms with E-state index in [1.807, 2.05) is 60.7 Å². The molecule has 4 aromatic rings. The molecule has 4 heteroatoms. The standard InChI is InChI=1S/C22H19N3O/c26-22(24-25-16-23-20-13-7-8-14-21(20)25)15-19(17-9-3-1-4-10-17)18-11-5-2-6-12-18/h1-14,16,19H,15H2,(H,24,26). The van der Waals surface area contributed by atoms with E-state index in [0.29, 0.717) is 6.42 Å². The molecule has 4 rings (SSSR count). The van der Waals surface area contributed by atoms with Crippen molar-refractivity contribution in [1.29, 1.82) is 0 Å². The fraction of sp³-hybridized carbons (Fsp3) is 0.0909. The molecule has 0 saturated carbocycles. The second-order valence-corrected chi connectivity index (χ2v) is 6.22. The third-order valence-corrected chi connectivity index (χ3v) is 4.49. The van der Waals surface area contributed by atoms with Crippen molar-refractivity contribution in [2.24, 2.45) is 0 Å². The van der Waals surface area contributed by atoms with E-state index in [4.69, 9.17) is 0 Å². The number of aromatic nitrogens is 2. The number of para-hydroxylation sites is 2. The van der Waals surface area contributed by atoms with Crippen LogP contribution in [0.2, 0.25) is 0 Å². The lowest BCUT2D eigenvalue weighted by Gasteiger charge is -2.18. The van der Waals surface area contributed by atoms with E-state index >= 15 is 0 Å². The Morgan fingerprint density at radius 3 is 2.08 bits per heavy atom. The van der Waals surface area contributed by atoms with Gasteiger partial charge in [-0.15, -0.1) is 0 Å². The van der Waals surface area contributed by atoms with Gasteiger partial charge in [0.05, 0.1) is 11.0 Å². The summed E-state index contributed by atoms with van der Waals surface area (Å²) in [5, 5.41) is 0. The number of nitrogens with zero attached hydrogens (tertiary/aromatic N) is 2. The summed E-state index contributed by atoms with van der Waals surface area (Å²) in [5.41, 5.74) is 6.95. The number of amides is 1. The van der Waals surface area contributed by atoms with Crippen LogP contribution in [0.5, 0.6) is 0 Å². The van der Waals surface area contributed by atoms with Crippen LogP contribution in [0.1, 0.15) is 23.5 Å². The monoisotopic (exact) mass is 341 g/mol. The Morgan fingerprint density at radius 1 is 0.846 bits per heavy atom. The maximum absolute atomic E-state index is 12.8. The van der Waals surface area contributed by atoms with Crippen molar-refractivity contribution in [2.75, 3.05) is 5.43 Å². The first-order valence-corrected chi connectivity index (χ1v) is 8.63. The third kappa shape index (κ3) is 3.35. The van der Waals surface area contributed by atoms with E-state index < -0.39 is 0 Å². The minimum absolute atomic E-state index is 0.00665. The summed E-state index contributed by atoms with van der Waals surface area (Å²) in [7, 11) is 0. The van der Waals surface area contributed by atoms with Crippen LogP contribution < -0.4 is 5.43 Å². The van der Waals surface area contributed by atoms with Gasteiger partial charge in [0.25, 0.3) is 0 Å². The van der Waals surface area contributed by atoms with Crippen LogP contribution in [-0.2, 0) is 4.79 Å². The van der Waals surface area contributed by atoms with Gasteiger partial charge < -0.3 is 0 Å². The lowest BCUT2D eigenvalue weighted by Crippen LogP contribution is -2.24. The number of hydrogen-bond acceptors (Lipinski definition) is 2. The van der Waals surface area contributed by atoms with E-state index in [2.05, 4.69) is 34.7 Å². The van der Waals surface area contributed by atoms with Crippen molar-refractivity contribution in [1.82, 2.24) is 9.66 Å². The first-order valence-electron chi connectivity index (χ1n) is 8.63. The molecule has 1 N–H and O–H groups in total. The van der Waals surface area contributed by atoms with E-state index in [-0.39, 0.29) is 11.8 Å². The highest BCUT2D eigenvalue weighted by Crippen LogP contribution is 2.28. The van der Waals surface area contributed by atoms with Gasteiger partial charge in [-0.05, 0) is 23.3 Å². The average Bonchev–Trinajstić information content (AvgIpc) is 3.10. The molecule has 1 aromatic heterocycles. The third-order valence-electron chi connectivity index (χ3n) is 4.49. The average molecular weight is 341 g/mol. The molecular formula is C22H19N3O. The van der Waals surface area contributed by atoms with Crippen LogP contribution in [0.4, 0.5) is 0 Å². The number of carbonyl (C=O) groups is 1. The number of fused-ring (bicyclic) bond motifs is 1. The molecule has 26 heavy (non-hydrogen) atoms. The number of imidazole rings is 1. The second kappa shape index (κ2) is 7.23. The molecule has 0 unspecified atom stereocenters. The van der Waals surface area contributed by atoms with Crippen LogP contribution in [0.25, 0.3) is 11.0 Å². The Hall–Kier alpha value is -3.40. The highest BCUT2D eigenvalue weighted by molar-refractivity contribution is 5.87. The summed E-state index contributed by atoms with van der Waals surface area (Å²) in [6.07, 6.45) is 2.00. The highest BCUT2D eigenvalue weighted by Gasteiger charge is 2.18. The smallest absolute Gasteiger partial charge is 0.239 e. The zero-order valence-corrected chi connectivity index (χ0v) is 14.2. The van der Waals surface area contributed by atoms with Crippen molar-refractivity contribution in [3.63, 3.8) is 0 Å². The maximum Gasteiger partial charge on any atom is 0.239 e. The van der Waals surface area contributed by atoms with Crippen molar-refractivity contribution < 1.29 is 4.79 Å². The van der Waals surface area contributed by atoms with Crippen LogP contribution >= 0.6 is 0 Å². The molecule has 0 fully saturated rings. The summed E-state index contributed by atoms with van der Waals surface area (Å²) in [6.45, 7) is 0. The summed E-state index contributed by atoms with van der Waals surface area (Å²) in [6, 6.07) is 28.0. The molecule has 0 spiro atoms. The zero-order valence-electron chi connectivity index (χ0n) is 14.2. The molecule has 0 saturated heterocycles. The molecule has 0 radical (unpaired) electrons. The molecule has 0 atom stereocenters. The first kappa shape index (κ1) is 16.1. The van der Waals surface area contributed by atoms with E-state index in [9.17, 15) is 4.79 Å². The van der Waals surface area contributed by atoms with Gasteiger partial charge in [0.2, 0.25) is 5.91 Å². The van der Waals surface area contributed by atoms with Gasteiger partial charge in [-0.25, -0.2) is 9.66 Å². The van der Waals surface area contributed by atoms with E-state index in [1.165, 1.54) is 0 Å². The number of hydrogen-bond donors (Lipinski definition) is 1. The minimum atomic E-state index is -0.0501. The Bertz CT molecular complexity index is 970. The summed E-state index contributed by atoms with van der Waals surface area (Å²) < 4.78 is 1.69. The number of rotatable bonds is 5. The van der Waals surface area contributed by atoms with Gasteiger partial charge in [0.15, 0.2) is 0 Å². The summed E-state index contributed by atoms with van der Waals surface area (Å²) >= 11 is 0. The second-order valence-electron chi connectivity index (χ2n) is 6.22. The predicted molar refractivity (Wildman–Crippen MR) is 103 cm³/mol. The normalized spacial score (nSPS) is 11.0. The molecule has 128 valence electrons. The quantitative estimate of drug-likeness (QED) is 0.587. The first-order chi connectivity index (χ1) is 12.8. The lowest BCUT2D eigenvalue weighted by molar-refractivity contribution is -0.117. The van der Waals surface area contributed by atoms with Crippen LogP contribution in [0.15, 0.2) is 91.3 Å². The summed E-state index contributed by atoms with van der Waals surface area (Å²) in [5.74, 6) is -0.0435. The number of carbonyl (C=O) groups excluding carboxylic acids is 1. The molecular weight excluding hydrogens is 322 g/mol. The molecule has 0 aliphatic heterocycles. The van der Waals surface area contributed by atoms with Crippen LogP contribution in [0.3, 0.4) is 0 Å². The number of benzene rings is 3. The molecule has 4 nitrogen and oxygen atoms in total. The highest BCUT2D eigenvalue weighted by atomic mass is 16.2. The molecule has 1 heterocycles. The van der Waals surface area contributed by atoms with Crippen LogP contribution in [-0.4, -0.2) is 15.6 Å². The van der Waals surface area contributed by atoms with E-state index in [1.54, 1.807) is 11.0 Å². The zero-order chi connectivity index (χ0) is 17.8.